The topological polar surface area (TPSA) is 34.6 Å². The Morgan fingerprint density at radius 1 is 0.879 bits per heavy atom. The van der Waals surface area contributed by atoms with Crippen molar-refractivity contribution < 1.29 is 35.9 Å². The van der Waals surface area contributed by atoms with Gasteiger partial charge in [0.2, 0.25) is 5.88 Å². The van der Waals surface area contributed by atoms with Crippen LogP contribution in [-0.2, 0) is 12.4 Å². The smallest absolute Gasteiger partial charge is 0.417 e. The van der Waals surface area contributed by atoms with Crippen LogP contribution in [0.3, 0.4) is 0 Å². The molecule has 2 saturated heterocycles. The van der Waals surface area contributed by atoms with E-state index in [4.69, 9.17) is 9.57 Å². The third-order valence-electron chi connectivity index (χ3n) is 6.97. The number of pyridine rings is 1. The van der Waals surface area contributed by atoms with E-state index < -0.39 is 23.5 Å². The lowest BCUT2D eigenvalue weighted by atomic mass is 9.91. The van der Waals surface area contributed by atoms with E-state index in [0.717, 1.165) is 50.1 Å². The standard InChI is InChI=1S/C23H22F6N2O2/c24-22(25,26)15-3-6-18(7-4-15)32-19-9-14-1-2-16-10-21(16,11-19)31(13-14)33-20-8-5-17(12-30-20)23(27,28)29/h3-8,12,14,16,19H,1-2,9-11,13H2/t14-,16?,19-,21+/m0/s1. The molecule has 2 aliphatic heterocycles. The van der Waals surface area contributed by atoms with Crippen molar-refractivity contribution in [1.29, 1.82) is 0 Å². The largest absolute Gasteiger partial charge is 0.490 e. The number of fused-ring (bicyclic) bond motifs is 2. The average molecular weight is 472 g/mol. The maximum absolute atomic E-state index is 12.8. The van der Waals surface area contributed by atoms with E-state index >= 15 is 0 Å². The van der Waals surface area contributed by atoms with E-state index in [1.165, 1.54) is 18.2 Å². The number of aromatic nitrogens is 1. The molecular weight excluding hydrogens is 450 g/mol. The highest BCUT2D eigenvalue weighted by molar-refractivity contribution is 5.29. The van der Waals surface area contributed by atoms with Crippen LogP contribution >= 0.6 is 0 Å². The van der Waals surface area contributed by atoms with Crippen molar-refractivity contribution in [3.63, 3.8) is 0 Å². The van der Waals surface area contributed by atoms with Crippen molar-refractivity contribution in [2.24, 2.45) is 11.8 Å². The summed E-state index contributed by atoms with van der Waals surface area (Å²) in [6.45, 7) is 0.603. The highest BCUT2D eigenvalue weighted by Gasteiger charge is 2.63. The van der Waals surface area contributed by atoms with Crippen LogP contribution in [0.4, 0.5) is 26.3 Å². The third-order valence-corrected chi connectivity index (χ3v) is 6.97. The molecule has 10 heteroatoms. The van der Waals surface area contributed by atoms with Crippen molar-refractivity contribution in [1.82, 2.24) is 10.0 Å². The highest BCUT2D eigenvalue weighted by atomic mass is 19.4. The summed E-state index contributed by atoms with van der Waals surface area (Å²) >= 11 is 0. The maximum Gasteiger partial charge on any atom is 0.417 e. The molecule has 4 atom stereocenters. The Balaban J connectivity index is 1.31. The van der Waals surface area contributed by atoms with E-state index in [1.807, 2.05) is 5.06 Å². The van der Waals surface area contributed by atoms with Crippen molar-refractivity contribution in [2.45, 2.75) is 56.1 Å². The van der Waals surface area contributed by atoms with E-state index in [2.05, 4.69) is 4.98 Å². The van der Waals surface area contributed by atoms with E-state index in [9.17, 15) is 26.3 Å². The first-order chi connectivity index (χ1) is 15.5. The first kappa shape index (κ1) is 22.3. The third kappa shape index (κ3) is 4.49. The van der Waals surface area contributed by atoms with Crippen LogP contribution in [0.25, 0.3) is 0 Å². The van der Waals surface area contributed by atoms with Gasteiger partial charge in [0.1, 0.15) is 11.9 Å². The van der Waals surface area contributed by atoms with Crippen molar-refractivity contribution >= 4 is 0 Å². The average Bonchev–Trinajstić information content (AvgIpc) is 3.46. The first-order valence-electron chi connectivity index (χ1n) is 10.9. The quantitative estimate of drug-likeness (QED) is 0.502. The molecule has 5 rings (SSSR count). The maximum atomic E-state index is 12.8. The molecule has 0 amide bonds. The molecule has 1 spiro atoms. The molecule has 3 aliphatic rings. The van der Waals surface area contributed by atoms with Gasteiger partial charge in [-0.2, -0.15) is 26.3 Å². The summed E-state index contributed by atoms with van der Waals surface area (Å²) in [5.74, 6) is 1.12. The molecule has 4 nitrogen and oxygen atoms in total. The fraction of sp³-hybridized carbons (Fsp3) is 0.522. The van der Waals surface area contributed by atoms with Gasteiger partial charge in [0.15, 0.2) is 0 Å². The molecule has 33 heavy (non-hydrogen) atoms. The lowest BCUT2D eigenvalue weighted by Gasteiger charge is -2.31. The Hall–Kier alpha value is -2.49. The molecule has 2 bridgehead atoms. The fourth-order valence-electron chi connectivity index (χ4n) is 5.23. The molecule has 0 N–H and O–H groups in total. The number of hydroxylamine groups is 2. The summed E-state index contributed by atoms with van der Waals surface area (Å²) in [5, 5.41) is 1.86. The van der Waals surface area contributed by atoms with E-state index in [1.54, 1.807) is 0 Å². The number of hydrogen-bond acceptors (Lipinski definition) is 4. The Morgan fingerprint density at radius 3 is 2.21 bits per heavy atom. The second-order valence-corrected chi connectivity index (χ2v) is 9.19. The second-order valence-electron chi connectivity index (χ2n) is 9.19. The fourth-order valence-corrected chi connectivity index (χ4v) is 5.23. The summed E-state index contributed by atoms with van der Waals surface area (Å²) < 4.78 is 83.0. The van der Waals surface area contributed by atoms with Gasteiger partial charge in [-0.15, -0.1) is 5.06 Å². The Kier molecular flexibility index (Phi) is 5.26. The molecule has 1 unspecified atom stereocenters. The molecule has 3 fully saturated rings. The zero-order valence-electron chi connectivity index (χ0n) is 17.5. The summed E-state index contributed by atoms with van der Waals surface area (Å²) in [4.78, 5) is 9.83. The number of rotatable bonds is 4. The summed E-state index contributed by atoms with van der Waals surface area (Å²) in [6.07, 6.45) is -4.03. The number of benzene rings is 1. The summed E-state index contributed by atoms with van der Waals surface area (Å²) in [6, 6.07) is 6.87. The van der Waals surface area contributed by atoms with Crippen molar-refractivity contribution in [3.8, 4) is 11.6 Å². The SMILES string of the molecule is FC(F)(F)c1ccc(O[C@H]2C[C@@H]3CCC4C[C@]4(C2)N(Oc2ccc(C(F)(F)F)cn2)C3)cc1. The second kappa shape index (κ2) is 7.78. The monoisotopic (exact) mass is 472 g/mol. The van der Waals surface area contributed by atoms with Crippen LogP contribution in [-0.4, -0.2) is 28.2 Å². The molecular formula is C23H22F6N2O2. The normalized spacial score (nSPS) is 29.7. The number of nitrogens with zero attached hydrogens (tertiary/aromatic N) is 2. The van der Waals surface area contributed by atoms with Gasteiger partial charge in [0.25, 0.3) is 0 Å². The van der Waals surface area contributed by atoms with Gasteiger partial charge in [-0.3, -0.25) is 0 Å². The molecule has 2 aromatic rings. The molecule has 1 saturated carbocycles. The predicted molar refractivity (Wildman–Crippen MR) is 105 cm³/mol. The van der Waals surface area contributed by atoms with Crippen LogP contribution in [0.2, 0.25) is 0 Å². The molecule has 1 aromatic heterocycles. The van der Waals surface area contributed by atoms with E-state index in [0.29, 0.717) is 24.6 Å². The van der Waals surface area contributed by atoms with Crippen LogP contribution in [0.1, 0.15) is 43.2 Å². The zero-order valence-corrected chi connectivity index (χ0v) is 17.5. The van der Waals surface area contributed by atoms with Gasteiger partial charge >= 0.3 is 12.4 Å². The lowest BCUT2D eigenvalue weighted by molar-refractivity contribution is -0.139. The highest BCUT2D eigenvalue weighted by Crippen LogP contribution is 2.59. The minimum Gasteiger partial charge on any atom is -0.490 e. The zero-order chi connectivity index (χ0) is 23.4. The Morgan fingerprint density at radius 2 is 1.58 bits per heavy atom. The van der Waals surface area contributed by atoms with Crippen LogP contribution < -0.4 is 9.57 Å². The summed E-state index contributed by atoms with van der Waals surface area (Å²) in [7, 11) is 0. The summed E-state index contributed by atoms with van der Waals surface area (Å²) in [5.41, 5.74) is -1.86. The van der Waals surface area contributed by atoms with Gasteiger partial charge in [0, 0.05) is 25.2 Å². The number of hydrogen-bond donors (Lipinski definition) is 0. The van der Waals surface area contributed by atoms with Crippen LogP contribution in [0, 0.1) is 11.8 Å². The van der Waals surface area contributed by atoms with Gasteiger partial charge in [-0.25, -0.2) is 4.98 Å². The molecule has 0 radical (unpaired) electrons. The van der Waals surface area contributed by atoms with Gasteiger partial charge in [-0.05, 0) is 67.9 Å². The number of alkyl halides is 6. The number of halogens is 6. The minimum absolute atomic E-state index is 0.107. The number of ether oxygens (including phenoxy) is 1. The molecule has 1 aliphatic carbocycles. The molecule has 178 valence electrons. The minimum atomic E-state index is -4.46. The van der Waals surface area contributed by atoms with Crippen molar-refractivity contribution in [2.75, 3.05) is 6.54 Å². The van der Waals surface area contributed by atoms with Gasteiger partial charge < -0.3 is 9.57 Å². The molecule has 1 aromatic carbocycles. The Labute approximate surface area is 186 Å². The first-order valence-corrected chi connectivity index (χ1v) is 10.9. The Bertz CT molecular complexity index is 992. The van der Waals surface area contributed by atoms with Gasteiger partial charge in [0.05, 0.1) is 16.7 Å². The van der Waals surface area contributed by atoms with Crippen molar-refractivity contribution in [3.05, 3.63) is 53.7 Å². The van der Waals surface area contributed by atoms with E-state index in [-0.39, 0.29) is 23.4 Å². The molecule has 3 heterocycles. The van der Waals surface area contributed by atoms with Gasteiger partial charge in [-0.1, -0.05) is 0 Å². The van der Waals surface area contributed by atoms with Crippen LogP contribution in [0.5, 0.6) is 11.6 Å². The van der Waals surface area contributed by atoms with Crippen LogP contribution in [0.15, 0.2) is 42.6 Å². The predicted octanol–water partition coefficient (Wildman–Crippen LogP) is 6.13. The lowest BCUT2D eigenvalue weighted by Crippen LogP contribution is -2.43.